The Morgan fingerprint density at radius 2 is 1.90 bits per heavy atom. The van der Waals surface area contributed by atoms with Gasteiger partial charge in [-0.3, -0.25) is 4.79 Å². The van der Waals surface area contributed by atoms with Crippen molar-refractivity contribution in [2.24, 2.45) is 0 Å². The van der Waals surface area contributed by atoms with Crippen molar-refractivity contribution in [1.29, 1.82) is 0 Å². The van der Waals surface area contributed by atoms with Gasteiger partial charge in [0, 0.05) is 32.7 Å². The Hall–Kier alpha value is -1.30. The average Bonchev–Trinajstić information content (AvgIpc) is 2.71. The van der Waals surface area contributed by atoms with E-state index in [1.54, 1.807) is 9.80 Å². The Kier molecular flexibility index (Phi) is 4.86. The number of rotatable bonds is 3. The van der Waals surface area contributed by atoms with Gasteiger partial charge in [0.15, 0.2) is 0 Å². The lowest BCUT2D eigenvalue weighted by Gasteiger charge is -2.33. The first-order valence-corrected chi connectivity index (χ1v) is 7.44. The zero-order chi connectivity index (χ0) is 14.7. The second-order valence-corrected chi connectivity index (χ2v) is 5.96. The van der Waals surface area contributed by atoms with E-state index in [0.717, 1.165) is 25.8 Å². The molecule has 20 heavy (non-hydrogen) atoms. The molecule has 6 nitrogen and oxygen atoms in total. The Bertz CT molecular complexity index is 365. The van der Waals surface area contributed by atoms with Gasteiger partial charge in [-0.2, -0.15) is 0 Å². The summed E-state index contributed by atoms with van der Waals surface area (Å²) in [5, 5.41) is 3.43. The van der Waals surface area contributed by atoms with Gasteiger partial charge in [0.1, 0.15) is 0 Å². The Labute approximate surface area is 120 Å². The summed E-state index contributed by atoms with van der Waals surface area (Å²) in [4.78, 5) is 27.2. The molecule has 0 aliphatic carbocycles. The lowest BCUT2D eigenvalue weighted by atomic mass is 10.0. The second-order valence-electron chi connectivity index (χ2n) is 5.96. The van der Waals surface area contributed by atoms with Crippen LogP contribution in [0.2, 0.25) is 0 Å². The van der Waals surface area contributed by atoms with Crippen molar-refractivity contribution >= 4 is 12.0 Å². The highest BCUT2D eigenvalue weighted by Crippen LogP contribution is 2.16. The summed E-state index contributed by atoms with van der Waals surface area (Å²) in [5.74, 6) is 0.187. The third-order valence-electron chi connectivity index (χ3n) is 3.95. The van der Waals surface area contributed by atoms with Gasteiger partial charge < -0.3 is 19.9 Å². The molecule has 0 aromatic rings. The van der Waals surface area contributed by atoms with Crippen molar-refractivity contribution in [1.82, 2.24) is 15.1 Å². The summed E-state index contributed by atoms with van der Waals surface area (Å²) >= 11 is 0. The fraction of sp³-hybridized carbons (Fsp3) is 0.857. The van der Waals surface area contributed by atoms with Gasteiger partial charge in [0.2, 0.25) is 5.91 Å². The highest BCUT2D eigenvalue weighted by molar-refractivity contribution is 5.83. The van der Waals surface area contributed by atoms with Crippen molar-refractivity contribution in [2.75, 3.05) is 26.7 Å². The number of nitrogens with one attached hydrogen (secondary N) is 1. The zero-order valence-electron chi connectivity index (χ0n) is 12.6. The van der Waals surface area contributed by atoms with Crippen LogP contribution in [0.1, 0.15) is 33.1 Å². The Morgan fingerprint density at radius 3 is 2.40 bits per heavy atom. The molecule has 2 fully saturated rings. The van der Waals surface area contributed by atoms with Crippen LogP contribution in [0.3, 0.4) is 0 Å². The van der Waals surface area contributed by atoms with Gasteiger partial charge in [-0.05, 0) is 33.1 Å². The van der Waals surface area contributed by atoms with Crippen LogP contribution in [-0.2, 0) is 9.53 Å². The number of hydrogen-bond donors (Lipinski definition) is 1. The largest absolute Gasteiger partial charge is 0.447 e. The lowest BCUT2D eigenvalue weighted by molar-refractivity contribution is -0.128. The fourth-order valence-electron chi connectivity index (χ4n) is 2.77. The number of carbonyl (C=O) groups excluding carboxylic acids is 2. The summed E-state index contributed by atoms with van der Waals surface area (Å²) in [6.45, 7) is 5.93. The minimum atomic E-state index is -0.227. The molecule has 0 aromatic carbocycles. The molecule has 2 rings (SSSR count). The van der Waals surface area contributed by atoms with Gasteiger partial charge in [0.05, 0.1) is 12.1 Å². The van der Waals surface area contributed by atoms with Gasteiger partial charge in [-0.15, -0.1) is 0 Å². The van der Waals surface area contributed by atoms with E-state index in [4.69, 9.17) is 4.74 Å². The molecule has 0 aromatic heterocycles. The predicted molar refractivity (Wildman–Crippen MR) is 75.4 cm³/mol. The maximum Gasteiger partial charge on any atom is 0.410 e. The van der Waals surface area contributed by atoms with Crippen molar-refractivity contribution in [3.8, 4) is 0 Å². The quantitative estimate of drug-likeness (QED) is 0.833. The van der Waals surface area contributed by atoms with E-state index in [0.29, 0.717) is 19.1 Å². The van der Waals surface area contributed by atoms with Crippen molar-refractivity contribution in [3.05, 3.63) is 0 Å². The zero-order valence-corrected chi connectivity index (χ0v) is 12.6. The van der Waals surface area contributed by atoms with Gasteiger partial charge in [0.25, 0.3) is 0 Å². The molecule has 2 aliphatic rings. The molecule has 6 heteroatoms. The standard InChI is InChI=1S/C14H25N3O3/c1-10(2)20-14(19)17-8-4-11(5-9-17)15-12-6-7-16(3)13(12)18/h10-12,15H,4-9H2,1-3H3/t12-/m1/s1. The monoisotopic (exact) mass is 283 g/mol. The van der Waals surface area contributed by atoms with Crippen molar-refractivity contribution in [2.45, 2.75) is 51.3 Å². The van der Waals surface area contributed by atoms with Crippen LogP contribution in [0.15, 0.2) is 0 Å². The molecule has 1 atom stereocenters. The molecule has 2 aliphatic heterocycles. The van der Waals surface area contributed by atoms with E-state index in [-0.39, 0.29) is 24.1 Å². The average molecular weight is 283 g/mol. The van der Waals surface area contributed by atoms with Crippen LogP contribution < -0.4 is 5.32 Å². The van der Waals surface area contributed by atoms with Crippen molar-refractivity contribution in [3.63, 3.8) is 0 Å². The molecule has 2 amide bonds. The van der Waals surface area contributed by atoms with E-state index in [1.807, 2.05) is 20.9 Å². The number of amides is 2. The van der Waals surface area contributed by atoms with Crippen LogP contribution in [0.4, 0.5) is 4.79 Å². The van der Waals surface area contributed by atoms with Crippen LogP contribution in [0, 0.1) is 0 Å². The summed E-state index contributed by atoms with van der Waals surface area (Å²) in [7, 11) is 1.84. The number of likely N-dealkylation sites (N-methyl/N-ethyl adjacent to an activating group) is 1. The third-order valence-corrected chi connectivity index (χ3v) is 3.95. The summed E-state index contributed by atoms with van der Waals surface area (Å²) < 4.78 is 5.20. The summed E-state index contributed by atoms with van der Waals surface area (Å²) in [6, 6.07) is 0.276. The van der Waals surface area contributed by atoms with Crippen LogP contribution in [0.5, 0.6) is 0 Å². The second kappa shape index (κ2) is 6.43. The Morgan fingerprint density at radius 1 is 1.25 bits per heavy atom. The molecule has 0 unspecified atom stereocenters. The molecular formula is C14H25N3O3. The normalized spacial score (nSPS) is 24.6. The van der Waals surface area contributed by atoms with Crippen LogP contribution >= 0.6 is 0 Å². The van der Waals surface area contributed by atoms with E-state index < -0.39 is 0 Å². The number of ether oxygens (including phenoxy) is 1. The molecule has 0 saturated carbocycles. The number of carbonyl (C=O) groups is 2. The highest BCUT2D eigenvalue weighted by atomic mass is 16.6. The SMILES string of the molecule is CC(C)OC(=O)N1CCC(N[C@@H]2CCN(C)C2=O)CC1. The summed E-state index contributed by atoms with van der Waals surface area (Å²) in [6.07, 6.45) is 2.33. The predicted octanol–water partition coefficient (Wildman–Crippen LogP) is 0.816. The van der Waals surface area contributed by atoms with Crippen LogP contribution in [-0.4, -0.2) is 66.7 Å². The maximum absolute atomic E-state index is 11.9. The molecular weight excluding hydrogens is 258 g/mol. The molecule has 0 spiro atoms. The Balaban J connectivity index is 1.74. The first kappa shape index (κ1) is 15.1. The first-order valence-electron chi connectivity index (χ1n) is 7.44. The molecule has 2 heterocycles. The van der Waals surface area contributed by atoms with E-state index in [9.17, 15) is 9.59 Å². The molecule has 1 N–H and O–H groups in total. The molecule has 0 bridgehead atoms. The number of piperidine rings is 1. The smallest absolute Gasteiger partial charge is 0.410 e. The first-order chi connectivity index (χ1) is 9.47. The van der Waals surface area contributed by atoms with E-state index >= 15 is 0 Å². The molecule has 114 valence electrons. The minimum Gasteiger partial charge on any atom is -0.447 e. The highest BCUT2D eigenvalue weighted by Gasteiger charge is 2.32. The number of hydrogen-bond acceptors (Lipinski definition) is 4. The van der Waals surface area contributed by atoms with E-state index in [1.165, 1.54) is 0 Å². The maximum atomic E-state index is 11.9. The number of nitrogens with zero attached hydrogens (tertiary/aromatic N) is 2. The lowest BCUT2D eigenvalue weighted by Crippen LogP contribution is -2.49. The van der Waals surface area contributed by atoms with Gasteiger partial charge in [-0.25, -0.2) is 4.79 Å². The van der Waals surface area contributed by atoms with Crippen LogP contribution in [0.25, 0.3) is 0 Å². The number of likely N-dealkylation sites (tertiary alicyclic amines) is 2. The third kappa shape index (κ3) is 3.62. The van der Waals surface area contributed by atoms with Gasteiger partial charge in [-0.1, -0.05) is 0 Å². The van der Waals surface area contributed by atoms with Crippen molar-refractivity contribution < 1.29 is 14.3 Å². The van der Waals surface area contributed by atoms with Gasteiger partial charge >= 0.3 is 6.09 Å². The molecule has 2 saturated heterocycles. The molecule has 0 radical (unpaired) electrons. The minimum absolute atomic E-state index is 0.0424. The fourth-order valence-corrected chi connectivity index (χ4v) is 2.77. The van der Waals surface area contributed by atoms with E-state index in [2.05, 4.69) is 5.32 Å². The summed E-state index contributed by atoms with van der Waals surface area (Å²) in [5.41, 5.74) is 0. The topological polar surface area (TPSA) is 61.9 Å².